The summed E-state index contributed by atoms with van der Waals surface area (Å²) in [6.45, 7) is 4.16. The van der Waals surface area contributed by atoms with Crippen molar-refractivity contribution in [3.63, 3.8) is 0 Å². The van der Waals surface area contributed by atoms with E-state index in [4.69, 9.17) is 11.1 Å². The van der Waals surface area contributed by atoms with Crippen LogP contribution in [0, 0.1) is 5.41 Å². The highest BCUT2D eigenvalue weighted by atomic mass is 32.2. The van der Waals surface area contributed by atoms with E-state index >= 15 is 0 Å². The number of hydrogen-bond donors (Lipinski definition) is 2. The molecule has 100 valence electrons. The molecule has 4 nitrogen and oxygen atoms in total. The number of nitrogen functional groups attached to an aromatic ring is 1. The largest absolute Gasteiger partial charge is 0.384 e. The van der Waals surface area contributed by atoms with Crippen LogP contribution in [0.3, 0.4) is 0 Å². The molecule has 1 heterocycles. The summed E-state index contributed by atoms with van der Waals surface area (Å²) >= 11 is 1.70. The van der Waals surface area contributed by atoms with Gasteiger partial charge in [0.25, 0.3) is 0 Å². The molecule has 1 aromatic carbocycles. The van der Waals surface area contributed by atoms with Crippen LogP contribution in [-0.4, -0.2) is 21.1 Å². The number of nitrogens with one attached hydrogen (secondary N) is 1. The van der Waals surface area contributed by atoms with Gasteiger partial charge in [0.2, 0.25) is 0 Å². The average Bonchev–Trinajstić information content (AvgIpc) is 2.86. The number of aromatic nitrogens is 2. The first-order valence-electron chi connectivity index (χ1n) is 6.31. The number of hydrogen-bond acceptors (Lipinski definition) is 3. The van der Waals surface area contributed by atoms with Crippen LogP contribution in [0.15, 0.2) is 35.5 Å². The number of benzene rings is 1. The van der Waals surface area contributed by atoms with Crippen LogP contribution in [0.4, 0.5) is 0 Å². The molecule has 0 bridgehead atoms. The summed E-state index contributed by atoms with van der Waals surface area (Å²) in [5.74, 6) is 2.03. The Hall–Kier alpha value is -1.75. The zero-order valence-electron chi connectivity index (χ0n) is 11.2. The quantitative estimate of drug-likeness (QED) is 0.500. The van der Waals surface area contributed by atoms with Gasteiger partial charge in [-0.05, 0) is 17.9 Å². The van der Waals surface area contributed by atoms with E-state index in [1.807, 2.05) is 29.0 Å². The fourth-order valence-electron chi connectivity index (χ4n) is 2.08. The van der Waals surface area contributed by atoms with E-state index < -0.39 is 0 Å². The molecule has 2 rings (SSSR count). The lowest BCUT2D eigenvalue weighted by Gasteiger charge is -2.15. The summed E-state index contributed by atoms with van der Waals surface area (Å²) in [6.07, 6.45) is 4.54. The van der Waals surface area contributed by atoms with Gasteiger partial charge in [0.05, 0.1) is 11.3 Å². The first-order chi connectivity index (χ1) is 9.19. The summed E-state index contributed by atoms with van der Waals surface area (Å²) in [4.78, 5) is 5.38. The number of thioether (sulfide) groups is 1. The lowest BCUT2D eigenvalue weighted by Crippen LogP contribution is -2.16. The Kier molecular flexibility index (Phi) is 4.27. The molecule has 0 atom stereocenters. The van der Waals surface area contributed by atoms with Gasteiger partial charge < -0.3 is 10.3 Å². The lowest BCUT2D eigenvalue weighted by molar-refractivity contribution is 0.887. The van der Waals surface area contributed by atoms with Crippen molar-refractivity contribution < 1.29 is 0 Å². The smallest absolute Gasteiger partial charge is 0.126 e. The van der Waals surface area contributed by atoms with Crippen molar-refractivity contribution in [1.82, 2.24) is 9.55 Å². The minimum absolute atomic E-state index is 0.0994. The fraction of sp³-hybridized carbons (Fsp3) is 0.286. The molecule has 0 aliphatic rings. The van der Waals surface area contributed by atoms with Crippen molar-refractivity contribution in [2.75, 3.05) is 5.75 Å². The van der Waals surface area contributed by atoms with Crippen molar-refractivity contribution >= 4 is 17.6 Å². The highest BCUT2D eigenvalue weighted by molar-refractivity contribution is 7.99. The molecule has 19 heavy (non-hydrogen) atoms. The molecule has 0 spiro atoms. The van der Waals surface area contributed by atoms with Crippen LogP contribution in [0.1, 0.15) is 25.2 Å². The Morgan fingerprint density at radius 2 is 2.21 bits per heavy atom. The third-order valence-electron chi connectivity index (χ3n) is 2.87. The first kappa shape index (κ1) is 13.7. The third-order valence-corrected chi connectivity index (χ3v) is 3.81. The van der Waals surface area contributed by atoms with Crippen molar-refractivity contribution in [2.45, 2.75) is 25.2 Å². The van der Waals surface area contributed by atoms with Gasteiger partial charge in [0.15, 0.2) is 0 Å². The Bertz CT molecular complexity index is 589. The van der Waals surface area contributed by atoms with Crippen LogP contribution in [0.25, 0.3) is 5.69 Å². The maximum absolute atomic E-state index is 7.86. The Balaban J connectivity index is 2.63. The summed E-state index contributed by atoms with van der Waals surface area (Å²) in [7, 11) is 0. The summed E-state index contributed by atoms with van der Waals surface area (Å²) < 4.78 is 2.01. The molecule has 3 N–H and O–H groups in total. The molecule has 1 aromatic heterocycles. The van der Waals surface area contributed by atoms with Gasteiger partial charge in [-0.2, -0.15) is 0 Å². The summed E-state index contributed by atoms with van der Waals surface area (Å²) in [6, 6.07) is 5.99. The predicted octanol–water partition coefficient (Wildman–Crippen LogP) is 2.83. The summed E-state index contributed by atoms with van der Waals surface area (Å²) in [5.41, 5.74) is 7.50. The molecule has 0 radical (unpaired) electrons. The van der Waals surface area contributed by atoms with Gasteiger partial charge in [-0.25, -0.2) is 4.98 Å². The van der Waals surface area contributed by atoms with Crippen molar-refractivity contribution in [3.05, 3.63) is 42.0 Å². The monoisotopic (exact) mass is 274 g/mol. The molecule has 0 amide bonds. The number of imidazole rings is 1. The van der Waals surface area contributed by atoms with E-state index in [-0.39, 0.29) is 5.84 Å². The van der Waals surface area contributed by atoms with E-state index in [2.05, 4.69) is 18.8 Å². The second-order valence-corrected chi connectivity index (χ2v) is 5.37. The van der Waals surface area contributed by atoms with Gasteiger partial charge in [-0.3, -0.25) is 5.41 Å². The number of aryl methyl sites for hydroxylation is 1. The Morgan fingerprint density at radius 1 is 1.42 bits per heavy atom. The second kappa shape index (κ2) is 5.93. The molecule has 0 saturated heterocycles. The van der Waals surface area contributed by atoms with E-state index in [9.17, 15) is 0 Å². The standard InChI is InChI=1S/C14H18N4S/c1-3-12-17-8-9-18(12)10-6-5-7-11(19-4-2)13(10)14(15)16/h5-9H,3-4H2,1-2H3,(H3,15,16). The Morgan fingerprint density at radius 3 is 2.84 bits per heavy atom. The number of nitrogens with two attached hydrogens (primary N) is 1. The molecule has 2 aromatic rings. The normalized spacial score (nSPS) is 10.6. The van der Waals surface area contributed by atoms with E-state index in [0.29, 0.717) is 0 Å². The van der Waals surface area contributed by atoms with E-state index in [0.717, 1.165) is 34.1 Å². The zero-order valence-corrected chi connectivity index (χ0v) is 12.0. The molecule has 0 fully saturated rings. The van der Waals surface area contributed by atoms with Crippen molar-refractivity contribution in [3.8, 4) is 5.69 Å². The van der Waals surface area contributed by atoms with Gasteiger partial charge >= 0.3 is 0 Å². The van der Waals surface area contributed by atoms with E-state index in [1.165, 1.54) is 0 Å². The SMILES string of the molecule is CCSc1cccc(-n2ccnc2CC)c1C(=N)N. The van der Waals surface area contributed by atoms with Crippen LogP contribution >= 0.6 is 11.8 Å². The number of nitrogens with zero attached hydrogens (tertiary/aromatic N) is 2. The van der Waals surface area contributed by atoms with Gasteiger partial charge in [0, 0.05) is 23.7 Å². The first-order valence-corrected chi connectivity index (χ1v) is 7.30. The van der Waals surface area contributed by atoms with Crippen LogP contribution in [0.2, 0.25) is 0 Å². The highest BCUT2D eigenvalue weighted by Gasteiger charge is 2.14. The Labute approximate surface area is 117 Å². The van der Waals surface area contributed by atoms with Gasteiger partial charge in [-0.1, -0.05) is 19.9 Å². The minimum atomic E-state index is 0.0994. The summed E-state index contributed by atoms with van der Waals surface area (Å²) in [5, 5.41) is 7.86. The van der Waals surface area contributed by atoms with Crippen molar-refractivity contribution in [2.24, 2.45) is 5.73 Å². The topological polar surface area (TPSA) is 67.7 Å². The highest BCUT2D eigenvalue weighted by Crippen LogP contribution is 2.28. The van der Waals surface area contributed by atoms with Gasteiger partial charge in [-0.15, -0.1) is 11.8 Å². The van der Waals surface area contributed by atoms with Gasteiger partial charge in [0.1, 0.15) is 11.7 Å². The zero-order chi connectivity index (χ0) is 13.8. The predicted molar refractivity (Wildman–Crippen MR) is 80.4 cm³/mol. The molecule has 0 aliphatic carbocycles. The molecular formula is C14H18N4S. The number of rotatable bonds is 5. The third kappa shape index (κ3) is 2.66. The maximum Gasteiger partial charge on any atom is 0.126 e. The maximum atomic E-state index is 7.86. The van der Waals surface area contributed by atoms with Crippen molar-refractivity contribution in [1.29, 1.82) is 5.41 Å². The lowest BCUT2D eigenvalue weighted by atomic mass is 10.1. The van der Waals surface area contributed by atoms with Crippen LogP contribution < -0.4 is 5.73 Å². The fourth-order valence-corrected chi connectivity index (χ4v) is 2.93. The van der Waals surface area contributed by atoms with Crippen LogP contribution in [0.5, 0.6) is 0 Å². The van der Waals surface area contributed by atoms with E-state index in [1.54, 1.807) is 18.0 Å². The molecule has 0 aliphatic heterocycles. The average molecular weight is 274 g/mol. The van der Waals surface area contributed by atoms with Crippen LogP contribution in [-0.2, 0) is 6.42 Å². The molecule has 5 heteroatoms. The number of amidine groups is 1. The molecule has 0 saturated carbocycles. The second-order valence-electron chi connectivity index (χ2n) is 4.06. The molecular weight excluding hydrogens is 256 g/mol. The minimum Gasteiger partial charge on any atom is -0.384 e. The molecule has 0 unspecified atom stereocenters.